The zero-order valence-corrected chi connectivity index (χ0v) is 17.0. The fourth-order valence-corrected chi connectivity index (χ4v) is 4.43. The third-order valence-corrected chi connectivity index (χ3v) is 6.63. The molecule has 1 atom stereocenters. The molecule has 0 bridgehead atoms. The largest absolute Gasteiger partial charge is 0.476 e. The van der Waals surface area contributed by atoms with Gasteiger partial charge in [0, 0.05) is 6.42 Å². The maximum atomic E-state index is 14.8. The Hall–Kier alpha value is -2.52. The van der Waals surface area contributed by atoms with Crippen LogP contribution in [0, 0.1) is 11.8 Å². The van der Waals surface area contributed by atoms with Crippen molar-refractivity contribution in [1.29, 1.82) is 0 Å². The Morgan fingerprint density at radius 1 is 1.13 bits per heavy atom. The summed E-state index contributed by atoms with van der Waals surface area (Å²) in [6.45, 7) is 0.0304. The Morgan fingerprint density at radius 2 is 1.84 bits per heavy atom. The van der Waals surface area contributed by atoms with Crippen molar-refractivity contribution in [2.24, 2.45) is 17.6 Å². The molecule has 1 unspecified atom stereocenters. The lowest BCUT2D eigenvalue weighted by Gasteiger charge is -2.46. The number of aromatic nitrogens is 1. The number of carbonyl (C=O) groups is 2. The minimum absolute atomic E-state index is 0.104. The predicted molar refractivity (Wildman–Crippen MR) is 105 cm³/mol. The fourth-order valence-electron chi connectivity index (χ4n) is 4.43. The van der Waals surface area contributed by atoms with E-state index in [1.165, 1.54) is 6.07 Å². The Bertz CT molecular complexity index is 913. The van der Waals surface area contributed by atoms with E-state index in [0.717, 1.165) is 30.6 Å². The van der Waals surface area contributed by atoms with Gasteiger partial charge in [-0.25, -0.2) is 18.2 Å². The van der Waals surface area contributed by atoms with Gasteiger partial charge in [-0.2, -0.15) is 0 Å². The van der Waals surface area contributed by atoms with Gasteiger partial charge in [-0.15, -0.1) is 0 Å². The molecule has 2 saturated carbocycles. The number of rotatable bonds is 7. The van der Waals surface area contributed by atoms with Crippen LogP contribution in [0.5, 0.6) is 5.88 Å². The van der Waals surface area contributed by atoms with E-state index in [-0.39, 0.29) is 30.6 Å². The number of ether oxygens (including phenoxy) is 1. The number of alkyl halides is 3. The molecule has 1 aromatic heterocycles. The number of hydrogen-bond acceptors (Lipinski definition) is 5. The van der Waals surface area contributed by atoms with E-state index in [0.29, 0.717) is 18.2 Å². The van der Waals surface area contributed by atoms with Crippen molar-refractivity contribution in [1.82, 2.24) is 9.88 Å². The maximum Gasteiger partial charge on any atom is 0.273 e. The van der Waals surface area contributed by atoms with E-state index in [1.54, 1.807) is 6.07 Å². The highest BCUT2D eigenvalue weighted by Gasteiger charge is 2.55. The van der Waals surface area contributed by atoms with Gasteiger partial charge in [0.25, 0.3) is 11.8 Å². The summed E-state index contributed by atoms with van der Waals surface area (Å²) in [5, 5.41) is 0. The molecule has 0 spiro atoms. The first-order chi connectivity index (χ1) is 14.7. The van der Waals surface area contributed by atoms with Crippen LogP contribution in [0.15, 0.2) is 12.1 Å². The molecule has 10 heteroatoms. The Labute approximate surface area is 177 Å². The van der Waals surface area contributed by atoms with Crippen LogP contribution in [0.3, 0.4) is 0 Å². The predicted octanol–water partition coefficient (Wildman–Crippen LogP) is 2.14. The van der Waals surface area contributed by atoms with Gasteiger partial charge in [0.1, 0.15) is 23.1 Å². The number of nitrogens with zero attached hydrogens (tertiary/aromatic N) is 3. The molecule has 2 aliphatic carbocycles. The summed E-state index contributed by atoms with van der Waals surface area (Å²) in [7, 11) is 0. The van der Waals surface area contributed by atoms with Crippen molar-refractivity contribution in [2.45, 2.75) is 49.7 Å². The van der Waals surface area contributed by atoms with E-state index >= 15 is 0 Å². The van der Waals surface area contributed by atoms with Crippen molar-refractivity contribution in [2.75, 3.05) is 31.1 Å². The number of anilines is 1. The molecule has 31 heavy (non-hydrogen) atoms. The highest BCUT2D eigenvalue weighted by atomic mass is 19.3. The van der Waals surface area contributed by atoms with Crippen molar-refractivity contribution >= 4 is 17.5 Å². The lowest BCUT2D eigenvalue weighted by Crippen LogP contribution is -2.60. The van der Waals surface area contributed by atoms with E-state index in [9.17, 15) is 22.8 Å². The van der Waals surface area contributed by atoms with E-state index < -0.39 is 42.4 Å². The molecule has 2 amide bonds. The average Bonchev–Trinajstić information content (AvgIpc) is 3.60. The minimum Gasteiger partial charge on any atom is -0.476 e. The number of pyridine rings is 1. The molecule has 2 aliphatic heterocycles. The van der Waals surface area contributed by atoms with Gasteiger partial charge in [-0.1, -0.05) is 0 Å². The topological polar surface area (TPSA) is 88.8 Å². The summed E-state index contributed by atoms with van der Waals surface area (Å²) >= 11 is 0. The van der Waals surface area contributed by atoms with Gasteiger partial charge >= 0.3 is 0 Å². The quantitative estimate of drug-likeness (QED) is 0.705. The molecule has 0 aromatic carbocycles. The molecule has 2 N–H and O–H groups in total. The van der Waals surface area contributed by atoms with Gasteiger partial charge in [0.15, 0.2) is 0 Å². The van der Waals surface area contributed by atoms with Gasteiger partial charge in [-0.05, 0) is 49.7 Å². The monoisotopic (exact) mass is 438 g/mol. The van der Waals surface area contributed by atoms with E-state index in [1.807, 2.05) is 4.90 Å². The summed E-state index contributed by atoms with van der Waals surface area (Å²) in [6, 6.07) is 1.63. The van der Waals surface area contributed by atoms with Crippen LogP contribution in [0.1, 0.15) is 42.6 Å². The molecule has 0 radical (unpaired) electrons. The van der Waals surface area contributed by atoms with Crippen LogP contribution in [0.2, 0.25) is 0 Å². The molecular weight excluding hydrogens is 413 g/mol. The second-order valence-corrected chi connectivity index (χ2v) is 9.35. The van der Waals surface area contributed by atoms with Gasteiger partial charge in [0.05, 0.1) is 26.2 Å². The standard InChI is InChI=1S/C21H25F3N4O3/c22-20(13-3-4-13)9-27(10-20)15-6-5-14(26-18(15)31-8-12-1-2-12)19(30)28-11-21(23,24)7-16(28)17(25)29/h5-6,12-13,16H,1-4,7-11H2,(H2,25,29). The SMILES string of the molecule is NC(=O)C1CC(F)(F)CN1C(=O)c1ccc(N2CC(F)(C3CC3)C2)c(OCC2CC2)n1. The second kappa shape index (κ2) is 7.00. The first kappa shape index (κ1) is 20.4. The van der Waals surface area contributed by atoms with E-state index in [4.69, 9.17) is 10.5 Å². The molecule has 7 nitrogen and oxygen atoms in total. The molecule has 168 valence electrons. The lowest BCUT2D eigenvalue weighted by molar-refractivity contribution is -0.121. The van der Waals surface area contributed by atoms with Crippen LogP contribution < -0.4 is 15.4 Å². The minimum atomic E-state index is -3.19. The number of primary amides is 1. The smallest absolute Gasteiger partial charge is 0.273 e. The summed E-state index contributed by atoms with van der Waals surface area (Å²) in [4.78, 5) is 31.4. The second-order valence-electron chi connectivity index (χ2n) is 9.35. The first-order valence-corrected chi connectivity index (χ1v) is 10.7. The number of amides is 2. The Kier molecular flexibility index (Phi) is 4.60. The highest BCUT2D eigenvalue weighted by Crippen LogP contribution is 2.49. The van der Waals surface area contributed by atoms with Crippen molar-refractivity contribution < 1.29 is 27.5 Å². The average molecular weight is 438 g/mol. The van der Waals surface area contributed by atoms with Gasteiger partial charge in [0.2, 0.25) is 11.8 Å². The zero-order chi connectivity index (χ0) is 22.0. The molecule has 1 aromatic rings. The van der Waals surface area contributed by atoms with Crippen LogP contribution in [-0.4, -0.2) is 65.6 Å². The number of carbonyl (C=O) groups excluding carboxylic acids is 2. The summed E-state index contributed by atoms with van der Waals surface area (Å²) in [5.41, 5.74) is 4.52. The van der Waals surface area contributed by atoms with Crippen molar-refractivity contribution in [3.63, 3.8) is 0 Å². The number of likely N-dealkylation sites (tertiary alicyclic amines) is 1. The Morgan fingerprint density at radius 3 is 2.45 bits per heavy atom. The number of hydrogen-bond donors (Lipinski definition) is 1. The van der Waals surface area contributed by atoms with Crippen LogP contribution in [0.25, 0.3) is 0 Å². The summed E-state index contributed by atoms with van der Waals surface area (Å²) < 4.78 is 48.4. The summed E-state index contributed by atoms with van der Waals surface area (Å²) in [5.74, 6) is -4.25. The molecule has 3 heterocycles. The van der Waals surface area contributed by atoms with Crippen molar-refractivity contribution in [3.8, 4) is 5.88 Å². The summed E-state index contributed by atoms with van der Waals surface area (Å²) in [6.07, 6.45) is 3.11. The van der Waals surface area contributed by atoms with Crippen LogP contribution >= 0.6 is 0 Å². The van der Waals surface area contributed by atoms with Gasteiger partial charge < -0.3 is 20.3 Å². The normalized spacial score (nSPS) is 26.5. The molecule has 4 aliphatic rings. The molecular formula is C21H25F3N4O3. The molecule has 5 rings (SSSR count). The highest BCUT2D eigenvalue weighted by molar-refractivity contribution is 5.97. The number of halogens is 3. The molecule has 4 fully saturated rings. The van der Waals surface area contributed by atoms with Crippen LogP contribution in [-0.2, 0) is 4.79 Å². The van der Waals surface area contributed by atoms with Crippen LogP contribution in [0.4, 0.5) is 18.9 Å². The molecule has 2 saturated heterocycles. The number of nitrogens with two attached hydrogens (primary N) is 1. The zero-order valence-electron chi connectivity index (χ0n) is 17.0. The van der Waals surface area contributed by atoms with Crippen molar-refractivity contribution in [3.05, 3.63) is 17.8 Å². The first-order valence-electron chi connectivity index (χ1n) is 10.7. The van der Waals surface area contributed by atoms with Gasteiger partial charge in [-0.3, -0.25) is 9.59 Å². The lowest BCUT2D eigenvalue weighted by atomic mass is 9.90. The third kappa shape index (κ3) is 3.92. The Balaban J connectivity index is 1.38. The van der Waals surface area contributed by atoms with E-state index in [2.05, 4.69) is 4.98 Å². The third-order valence-electron chi connectivity index (χ3n) is 6.63. The fraction of sp³-hybridized carbons (Fsp3) is 0.667. The maximum absolute atomic E-state index is 14.8.